The van der Waals surface area contributed by atoms with E-state index < -0.39 is 0 Å². The van der Waals surface area contributed by atoms with Gasteiger partial charge in [-0.25, -0.2) is 0 Å². The molecule has 3 aromatic rings. The predicted molar refractivity (Wildman–Crippen MR) is 118 cm³/mol. The second-order valence-electron chi connectivity index (χ2n) is 6.48. The Bertz CT molecular complexity index is 999. The summed E-state index contributed by atoms with van der Waals surface area (Å²) in [4.78, 5) is 15.1. The maximum absolute atomic E-state index is 12.9. The van der Waals surface area contributed by atoms with E-state index in [0.717, 1.165) is 28.0 Å². The number of hydrogen-bond acceptors (Lipinski definition) is 2. The van der Waals surface area contributed by atoms with Gasteiger partial charge >= 0.3 is 0 Å². The van der Waals surface area contributed by atoms with Gasteiger partial charge in [0.15, 0.2) is 5.78 Å². The lowest BCUT2D eigenvalue weighted by Gasteiger charge is -2.26. The Labute approximate surface area is 173 Å². The molecule has 0 spiro atoms. The minimum absolute atomic E-state index is 0.0486. The van der Waals surface area contributed by atoms with Crippen LogP contribution in [0.2, 0.25) is 5.02 Å². The maximum Gasteiger partial charge on any atom is 0.194 e. The van der Waals surface area contributed by atoms with Crippen LogP contribution in [0.15, 0.2) is 65.1 Å². The average Bonchev–Trinajstić information content (AvgIpc) is 2.64. The van der Waals surface area contributed by atoms with E-state index in [1.807, 2.05) is 55.5 Å². The Morgan fingerprint density at radius 2 is 1.70 bits per heavy atom. The molecule has 0 aliphatic carbocycles. The van der Waals surface area contributed by atoms with Crippen LogP contribution in [0.5, 0.6) is 0 Å². The molecule has 0 aliphatic heterocycles. The summed E-state index contributed by atoms with van der Waals surface area (Å²) >= 11 is 10.0. The zero-order chi connectivity index (χ0) is 19.6. The SMILES string of the molecule is CCN(c1ccc(C(=O)c2ccccc2C)c(Cl)c1)c1ccc(Br)cc1C. The van der Waals surface area contributed by atoms with Crippen molar-refractivity contribution in [3.8, 4) is 0 Å². The second-order valence-corrected chi connectivity index (χ2v) is 7.81. The van der Waals surface area contributed by atoms with Gasteiger partial charge in [0.1, 0.15) is 0 Å². The molecule has 0 radical (unpaired) electrons. The van der Waals surface area contributed by atoms with Gasteiger partial charge in [0.2, 0.25) is 0 Å². The number of rotatable bonds is 5. The van der Waals surface area contributed by atoms with Crippen molar-refractivity contribution in [2.45, 2.75) is 20.8 Å². The van der Waals surface area contributed by atoms with Gasteiger partial charge in [0, 0.05) is 33.5 Å². The fraction of sp³-hybridized carbons (Fsp3) is 0.174. The topological polar surface area (TPSA) is 20.3 Å². The van der Waals surface area contributed by atoms with Crippen LogP contribution in [0.3, 0.4) is 0 Å². The van der Waals surface area contributed by atoms with Crippen LogP contribution >= 0.6 is 27.5 Å². The van der Waals surface area contributed by atoms with Gasteiger partial charge < -0.3 is 4.90 Å². The summed E-state index contributed by atoms with van der Waals surface area (Å²) in [6.45, 7) is 6.91. The second kappa shape index (κ2) is 8.28. The molecule has 0 aliphatic rings. The molecule has 0 aromatic heterocycles. The third kappa shape index (κ3) is 4.10. The molecule has 3 aromatic carbocycles. The van der Waals surface area contributed by atoms with Gasteiger partial charge in [0.25, 0.3) is 0 Å². The van der Waals surface area contributed by atoms with E-state index in [2.05, 4.69) is 46.8 Å². The molecule has 0 heterocycles. The van der Waals surface area contributed by atoms with Crippen molar-refractivity contribution in [2.75, 3.05) is 11.4 Å². The summed E-state index contributed by atoms with van der Waals surface area (Å²) < 4.78 is 1.05. The summed E-state index contributed by atoms with van der Waals surface area (Å²) in [6, 6.07) is 19.4. The largest absolute Gasteiger partial charge is 0.342 e. The molecule has 3 rings (SSSR count). The predicted octanol–water partition coefficient (Wildman–Crippen LogP) is 7.11. The fourth-order valence-corrected chi connectivity index (χ4v) is 3.98. The van der Waals surface area contributed by atoms with Gasteiger partial charge in [-0.1, -0.05) is 51.8 Å². The van der Waals surface area contributed by atoms with Crippen LogP contribution < -0.4 is 4.90 Å². The smallest absolute Gasteiger partial charge is 0.194 e. The van der Waals surface area contributed by atoms with Gasteiger partial charge in [-0.15, -0.1) is 0 Å². The molecule has 27 heavy (non-hydrogen) atoms. The third-order valence-electron chi connectivity index (χ3n) is 4.66. The standard InChI is InChI=1S/C23H21BrClNO/c1-4-26(22-12-9-17(24)13-16(22)3)18-10-11-20(21(25)14-18)23(27)19-8-6-5-7-15(19)2/h5-14H,4H2,1-3H3. The highest BCUT2D eigenvalue weighted by Gasteiger charge is 2.17. The first-order valence-corrected chi connectivity index (χ1v) is 10.0. The highest BCUT2D eigenvalue weighted by Crippen LogP contribution is 2.33. The van der Waals surface area contributed by atoms with E-state index in [0.29, 0.717) is 16.1 Å². The van der Waals surface area contributed by atoms with Crippen LogP contribution in [0, 0.1) is 13.8 Å². The Morgan fingerprint density at radius 1 is 0.963 bits per heavy atom. The van der Waals surface area contributed by atoms with Crippen LogP contribution in [0.25, 0.3) is 0 Å². The molecule has 0 fully saturated rings. The number of ketones is 1. The molecule has 0 unspecified atom stereocenters. The number of halogens is 2. The maximum atomic E-state index is 12.9. The summed E-state index contributed by atoms with van der Waals surface area (Å²) in [7, 11) is 0. The summed E-state index contributed by atoms with van der Waals surface area (Å²) in [5.74, 6) is -0.0486. The highest BCUT2D eigenvalue weighted by molar-refractivity contribution is 9.10. The van der Waals surface area contributed by atoms with Crippen molar-refractivity contribution < 1.29 is 4.79 Å². The van der Waals surface area contributed by atoms with Crippen LogP contribution in [-0.4, -0.2) is 12.3 Å². The number of hydrogen-bond donors (Lipinski definition) is 0. The Hall–Kier alpha value is -2.10. The Morgan fingerprint density at radius 3 is 2.33 bits per heavy atom. The highest BCUT2D eigenvalue weighted by atomic mass is 79.9. The molecular weight excluding hydrogens is 422 g/mol. The number of benzene rings is 3. The van der Waals surface area contributed by atoms with Crippen molar-refractivity contribution >= 4 is 44.7 Å². The molecule has 0 saturated carbocycles. The lowest BCUT2D eigenvalue weighted by molar-refractivity contribution is 0.103. The number of nitrogens with zero attached hydrogens (tertiary/aromatic N) is 1. The van der Waals surface area contributed by atoms with Gasteiger partial charge in [-0.2, -0.15) is 0 Å². The van der Waals surface area contributed by atoms with E-state index in [-0.39, 0.29) is 5.78 Å². The number of carbonyl (C=O) groups is 1. The molecule has 4 heteroatoms. The van der Waals surface area contributed by atoms with E-state index in [9.17, 15) is 4.79 Å². The molecule has 0 amide bonds. The van der Waals surface area contributed by atoms with Crippen molar-refractivity contribution in [2.24, 2.45) is 0 Å². The lowest BCUT2D eigenvalue weighted by Crippen LogP contribution is -2.17. The zero-order valence-electron chi connectivity index (χ0n) is 15.6. The Kier molecular flexibility index (Phi) is 6.03. The van der Waals surface area contributed by atoms with Gasteiger partial charge in [0.05, 0.1) is 5.02 Å². The molecule has 0 bridgehead atoms. The molecular formula is C23H21BrClNO. The Balaban J connectivity index is 1.98. The molecule has 138 valence electrons. The van der Waals surface area contributed by atoms with E-state index in [1.165, 1.54) is 5.56 Å². The van der Waals surface area contributed by atoms with Crippen molar-refractivity contribution in [3.05, 3.63) is 92.4 Å². The minimum atomic E-state index is -0.0486. The van der Waals surface area contributed by atoms with Crippen LogP contribution in [-0.2, 0) is 0 Å². The lowest BCUT2D eigenvalue weighted by atomic mass is 9.99. The van der Waals surface area contributed by atoms with E-state index in [4.69, 9.17) is 11.6 Å². The average molecular weight is 443 g/mol. The zero-order valence-corrected chi connectivity index (χ0v) is 17.9. The molecule has 0 N–H and O–H groups in total. The van der Waals surface area contributed by atoms with E-state index >= 15 is 0 Å². The van der Waals surface area contributed by atoms with E-state index in [1.54, 1.807) is 0 Å². The number of anilines is 2. The first-order valence-electron chi connectivity index (χ1n) is 8.86. The van der Waals surface area contributed by atoms with Gasteiger partial charge in [-0.05, 0) is 68.3 Å². The quantitative estimate of drug-likeness (QED) is 0.392. The normalized spacial score (nSPS) is 10.7. The number of carbonyl (C=O) groups excluding carboxylic acids is 1. The van der Waals surface area contributed by atoms with Crippen molar-refractivity contribution in [1.29, 1.82) is 0 Å². The first-order chi connectivity index (χ1) is 12.9. The molecule has 2 nitrogen and oxygen atoms in total. The molecule has 0 saturated heterocycles. The first kappa shape index (κ1) is 19.7. The van der Waals surface area contributed by atoms with Crippen molar-refractivity contribution in [3.63, 3.8) is 0 Å². The third-order valence-corrected chi connectivity index (χ3v) is 5.47. The minimum Gasteiger partial charge on any atom is -0.342 e. The van der Waals surface area contributed by atoms with Crippen LogP contribution in [0.1, 0.15) is 34.0 Å². The summed E-state index contributed by atoms with van der Waals surface area (Å²) in [5.41, 5.74) is 5.41. The monoisotopic (exact) mass is 441 g/mol. The number of aryl methyl sites for hydroxylation is 2. The van der Waals surface area contributed by atoms with Crippen LogP contribution in [0.4, 0.5) is 11.4 Å². The fourth-order valence-electron chi connectivity index (χ4n) is 3.24. The summed E-state index contributed by atoms with van der Waals surface area (Å²) in [5, 5.41) is 0.467. The summed E-state index contributed by atoms with van der Waals surface area (Å²) in [6.07, 6.45) is 0. The van der Waals surface area contributed by atoms with Gasteiger partial charge in [-0.3, -0.25) is 4.79 Å². The van der Waals surface area contributed by atoms with Crippen molar-refractivity contribution in [1.82, 2.24) is 0 Å². The molecule has 0 atom stereocenters.